The Bertz CT molecular complexity index is 1070. The Morgan fingerprint density at radius 1 is 0.647 bits per heavy atom. The fraction of sp³-hybridized carbons (Fsp3) is 0.267. The summed E-state index contributed by atoms with van der Waals surface area (Å²) in [5, 5.41) is 10.8. The van der Waals surface area contributed by atoms with Crippen LogP contribution in [0.15, 0.2) is 72.8 Å². The van der Waals surface area contributed by atoms with Crippen molar-refractivity contribution in [2.45, 2.75) is 39.5 Å². The van der Waals surface area contributed by atoms with Crippen molar-refractivity contribution < 1.29 is 4.92 Å². The van der Waals surface area contributed by atoms with Gasteiger partial charge in [-0.05, 0) is 59.4 Å². The number of non-ortho nitro benzene ring substituents is 1. The normalized spacial score (nSPS) is 11.4. The Morgan fingerprint density at radius 2 is 1.00 bits per heavy atom. The van der Waals surface area contributed by atoms with Crippen molar-refractivity contribution in [1.29, 1.82) is 0 Å². The number of unbranched alkanes of at least 4 members (excludes halogenated alkanes) is 2. The quantitative estimate of drug-likeness (QED) is 0.157. The van der Waals surface area contributed by atoms with E-state index in [2.05, 4.69) is 79.4 Å². The van der Waals surface area contributed by atoms with Crippen LogP contribution in [0.3, 0.4) is 0 Å². The molecule has 0 aliphatic carbocycles. The van der Waals surface area contributed by atoms with Gasteiger partial charge in [0.1, 0.15) is 0 Å². The number of nitrogens with zero attached hydrogens (tertiary/aromatic N) is 2. The van der Waals surface area contributed by atoms with Crippen LogP contribution in [0.2, 0.25) is 0 Å². The van der Waals surface area contributed by atoms with E-state index < -0.39 is 0 Å². The molecule has 4 nitrogen and oxygen atoms in total. The molecule has 4 heteroatoms. The van der Waals surface area contributed by atoms with Gasteiger partial charge in [0.05, 0.1) is 4.92 Å². The molecule has 3 rings (SSSR count). The first-order valence-electron chi connectivity index (χ1n) is 12.1. The zero-order chi connectivity index (χ0) is 24.2. The van der Waals surface area contributed by atoms with Crippen LogP contribution in [-0.4, -0.2) is 18.0 Å². The number of hydrogen-bond acceptors (Lipinski definition) is 3. The molecule has 0 spiro atoms. The first-order chi connectivity index (χ1) is 16.6. The minimum Gasteiger partial charge on any atom is -0.372 e. The van der Waals surface area contributed by atoms with E-state index >= 15 is 0 Å². The van der Waals surface area contributed by atoms with Gasteiger partial charge in [-0.3, -0.25) is 10.1 Å². The van der Waals surface area contributed by atoms with Crippen LogP contribution in [0.1, 0.15) is 61.8 Å². The minimum absolute atomic E-state index is 0.105. The van der Waals surface area contributed by atoms with Crippen molar-refractivity contribution in [3.05, 3.63) is 105 Å². The van der Waals surface area contributed by atoms with Crippen molar-refractivity contribution in [3.63, 3.8) is 0 Å². The highest BCUT2D eigenvalue weighted by molar-refractivity contribution is 5.73. The Kier molecular flexibility index (Phi) is 9.65. The maximum Gasteiger partial charge on any atom is 0.269 e. The van der Waals surface area contributed by atoms with Crippen LogP contribution >= 0.6 is 0 Å². The maximum absolute atomic E-state index is 10.8. The standard InChI is InChI=1S/C30H34N2O2/c1-3-5-23-31(24-6-4-2)29-19-15-27(16-20-29)13-11-25-7-9-26(10-8-25)12-14-28-17-21-30(22-18-28)32(33)34/h7-22H,3-6,23-24H2,1-2H3/b13-11+,14-12+. The molecule has 0 aromatic heterocycles. The predicted octanol–water partition coefficient (Wildman–Crippen LogP) is 8.34. The third-order valence-corrected chi connectivity index (χ3v) is 5.80. The summed E-state index contributed by atoms with van der Waals surface area (Å²) in [6.07, 6.45) is 13.1. The number of anilines is 1. The lowest BCUT2D eigenvalue weighted by molar-refractivity contribution is -0.384. The number of rotatable bonds is 12. The van der Waals surface area contributed by atoms with Crippen molar-refractivity contribution in [2.24, 2.45) is 0 Å². The van der Waals surface area contributed by atoms with Crippen molar-refractivity contribution in [1.82, 2.24) is 0 Å². The van der Waals surface area contributed by atoms with Gasteiger partial charge in [-0.2, -0.15) is 0 Å². The van der Waals surface area contributed by atoms with Crippen LogP contribution in [-0.2, 0) is 0 Å². The lowest BCUT2D eigenvalue weighted by Crippen LogP contribution is -2.25. The van der Waals surface area contributed by atoms with Gasteiger partial charge in [-0.15, -0.1) is 0 Å². The molecule has 0 saturated carbocycles. The summed E-state index contributed by atoms with van der Waals surface area (Å²) in [7, 11) is 0. The molecular weight excluding hydrogens is 420 g/mol. The molecule has 0 unspecified atom stereocenters. The molecule has 0 atom stereocenters. The van der Waals surface area contributed by atoms with Crippen LogP contribution in [0.5, 0.6) is 0 Å². The molecule has 0 amide bonds. The average Bonchev–Trinajstić information content (AvgIpc) is 2.87. The van der Waals surface area contributed by atoms with E-state index in [1.54, 1.807) is 12.1 Å². The van der Waals surface area contributed by atoms with Gasteiger partial charge in [-0.1, -0.05) is 87.4 Å². The molecule has 0 heterocycles. The number of nitro groups is 1. The van der Waals surface area contributed by atoms with E-state index in [0.29, 0.717) is 0 Å². The Morgan fingerprint density at radius 3 is 1.35 bits per heavy atom. The zero-order valence-electron chi connectivity index (χ0n) is 20.2. The second-order valence-corrected chi connectivity index (χ2v) is 8.47. The van der Waals surface area contributed by atoms with Crippen LogP contribution in [0, 0.1) is 10.1 Å². The molecule has 0 saturated heterocycles. The third-order valence-electron chi connectivity index (χ3n) is 5.80. The summed E-state index contributed by atoms with van der Waals surface area (Å²) in [5.41, 5.74) is 5.76. The van der Waals surface area contributed by atoms with Gasteiger partial charge in [0, 0.05) is 30.9 Å². The smallest absolute Gasteiger partial charge is 0.269 e. The highest BCUT2D eigenvalue weighted by Gasteiger charge is 2.05. The summed E-state index contributed by atoms with van der Waals surface area (Å²) in [4.78, 5) is 12.9. The van der Waals surface area contributed by atoms with Crippen molar-refractivity contribution in [2.75, 3.05) is 18.0 Å². The molecule has 0 fully saturated rings. The summed E-state index contributed by atoms with van der Waals surface area (Å²) in [5.74, 6) is 0. The van der Waals surface area contributed by atoms with E-state index in [4.69, 9.17) is 0 Å². The van der Waals surface area contributed by atoms with Gasteiger partial charge < -0.3 is 4.90 Å². The lowest BCUT2D eigenvalue weighted by Gasteiger charge is -2.24. The molecule has 0 bridgehead atoms. The first kappa shape index (κ1) is 25.0. The Hall–Kier alpha value is -3.66. The fourth-order valence-electron chi connectivity index (χ4n) is 3.67. The molecule has 176 valence electrons. The zero-order valence-corrected chi connectivity index (χ0v) is 20.2. The lowest BCUT2D eigenvalue weighted by atomic mass is 10.1. The first-order valence-corrected chi connectivity index (χ1v) is 12.1. The average molecular weight is 455 g/mol. The highest BCUT2D eigenvalue weighted by atomic mass is 16.6. The van der Waals surface area contributed by atoms with Crippen molar-refractivity contribution in [3.8, 4) is 0 Å². The summed E-state index contributed by atoms with van der Waals surface area (Å²) >= 11 is 0. The third kappa shape index (κ3) is 7.73. The molecule has 3 aromatic rings. The monoisotopic (exact) mass is 454 g/mol. The van der Waals surface area contributed by atoms with Crippen LogP contribution in [0.25, 0.3) is 24.3 Å². The van der Waals surface area contributed by atoms with Gasteiger partial charge >= 0.3 is 0 Å². The topological polar surface area (TPSA) is 46.4 Å². The van der Waals surface area contributed by atoms with E-state index in [9.17, 15) is 10.1 Å². The van der Waals surface area contributed by atoms with Gasteiger partial charge in [0.15, 0.2) is 0 Å². The fourth-order valence-corrected chi connectivity index (χ4v) is 3.67. The van der Waals surface area contributed by atoms with Gasteiger partial charge in [-0.25, -0.2) is 0 Å². The molecule has 0 aliphatic heterocycles. The Labute approximate surface area is 203 Å². The molecular formula is C30H34N2O2. The van der Waals surface area contributed by atoms with E-state index in [0.717, 1.165) is 29.8 Å². The minimum atomic E-state index is -0.385. The largest absolute Gasteiger partial charge is 0.372 e. The maximum atomic E-state index is 10.8. The number of hydrogen-bond donors (Lipinski definition) is 0. The van der Waals surface area contributed by atoms with Crippen LogP contribution in [0.4, 0.5) is 11.4 Å². The predicted molar refractivity (Wildman–Crippen MR) is 146 cm³/mol. The SMILES string of the molecule is CCCCN(CCCC)c1ccc(/C=C/c2ccc(/C=C/c3ccc([N+](=O)[O-])cc3)cc2)cc1. The van der Waals surface area contributed by atoms with E-state index in [-0.39, 0.29) is 10.6 Å². The summed E-state index contributed by atoms with van der Waals surface area (Å²) < 4.78 is 0. The summed E-state index contributed by atoms with van der Waals surface area (Å²) in [6, 6.07) is 23.7. The highest BCUT2D eigenvalue weighted by Crippen LogP contribution is 2.19. The van der Waals surface area contributed by atoms with E-state index in [1.807, 2.05) is 12.2 Å². The van der Waals surface area contributed by atoms with Gasteiger partial charge in [0.2, 0.25) is 0 Å². The second kappa shape index (κ2) is 13.1. The molecule has 34 heavy (non-hydrogen) atoms. The second-order valence-electron chi connectivity index (χ2n) is 8.47. The van der Waals surface area contributed by atoms with Gasteiger partial charge in [0.25, 0.3) is 5.69 Å². The molecule has 0 radical (unpaired) electrons. The number of nitro benzene ring substituents is 1. The molecule has 0 aliphatic rings. The van der Waals surface area contributed by atoms with Crippen LogP contribution < -0.4 is 4.90 Å². The van der Waals surface area contributed by atoms with E-state index in [1.165, 1.54) is 49.1 Å². The molecule has 0 N–H and O–H groups in total. The molecule has 3 aromatic carbocycles. The summed E-state index contributed by atoms with van der Waals surface area (Å²) in [6.45, 7) is 6.73. The number of benzene rings is 3. The van der Waals surface area contributed by atoms with Crippen molar-refractivity contribution >= 4 is 35.7 Å². The Balaban J connectivity index is 1.59.